The molecule has 0 radical (unpaired) electrons. The van der Waals surface area contributed by atoms with Gasteiger partial charge in [-0.2, -0.15) is 6.08 Å². The summed E-state index contributed by atoms with van der Waals surface area (Å²) in [6.45, 7) is 28.1. The second-order valence-electron chi connectivity index (χ2n) is 17.2. The monoisotopic (exact) mass is 902 g/mol. The van der Waals surface area contributed by atoms with Crippen molar-refractivity contribution in [3.05, 3.63) is 138 Å². The van der Waals surface area contributed by atoms with E-state index < -0.39 is 16.1 Å². The molecule has 0 spiro atoms. The van der Waals surface area contributed by atoms with E-state index in [9.17, 15) is 0 Å². The summed E-state index contributed by atoms with van der Waals surface area (Å²) < 4.78 is 1.50. The predicted octanol–water partition coefficient (Wildman–Crippen LogP) is 5.51. The summed E-state index contributed by atoms with van der Waals surface area (Å²) in [7, 11) is -2.38. The van der Waals surface area contributed by atoms with Gasteiger partial charge in [0.05, 0.1) is 0 Å². The summed E-state index contributed by atoms with van der Waals surface area (Å²) in [6, 6.07) is 34.7. The van der Waals surface area contributed by atoms with Gasteiger partial charge in [0.15, 0.2) is 0 Å². The average Bonchev–Trinajstić information content (AvgIpc) is 3.71. The Labute approximate surface area is 333 Å². The van der Waals surface area contributed by atoms with Crippen LogP contribution >= 0.6 is 0 Å². The van der Waals surface area contributed by atoms with E-state index >= 15 is 0 Å². The van der Waals surface area contributed by atoms with E-state index in [4.69, 9.17) is 0 Å². The van der Waals surface area contributed by atoms with Crippen LogP contribution in [-0.4, -0.2) is 19.4 Å². The maximum Gasteiger partial charge on any atom is -0.109 e. The van der Waals surface area contributed by atoms with Gasteiger partial charge in [-0.25, -0.2) is 12.2 Å². The first-order valence-electron chi connectivity index (χ1n) is 17.4. The molecule has 5 aromatic rings. The topological polar surface area (TPSA) is 0 Å². The van der Waals surface area contributed by atoms with Crippen molar-refractivity contribution >= 4 is 51.3 Å². The van der Waals surface area contributed by atoms with Crippen molar-refractivity contribution in [1.29, 1.82) is 0 Å². The standard InChI is InChI=1S/C21H25.C19H26Si2.C5H5.2ClH.Hf/c1-20(2,3)15-11-10-14-12-18-16(17(14)13-15)8-7-9-19(18)21(4,5)6;1-20(2,3)18-11-7-16(8-12-18)15-17-9-13-19(14-10-17)21(4,5)6;1-2-4-5-3-1;;;/h7-13H,1-6H3;7-14H,1-6H3;1-3H,4H2;2*1H;/q-1;;-1;;;+2/p-2. The van der Waals surface area contributed by atoms with E-state index in [0.717, 1.165) is 30.3 Å². The van der Waals surface area contributed by atoms with Crippen LogP contribution in [0, 0.1) is 6.08 Å². The summed E-state index contributed by atoms with van der Waals surface area (Å²) in [4.78, 5) is 0. The van der Waals surface area contributed by atoms with E-state index in [1.807, 2.05) is 12.2 Å². The molecule has 0 heterocycles. The van der Waals surface area contributed by atoms with Gasteiger partial charge >= 0.3 is 153 Å². The van der Waals surface area contributed by atoms with Crippen molar-refractivity contribution in [1.82, 2.24) is 0 Å². The Kier molecular flexibility index (Phi) is 15.6. The molecule has 0 saturated carbocycles. The van der Waals surface area contributed by atoms with Crippen LogP contribution in [0.25, 0.3) is 21.5 Å². The van der Waals surface area contributed by atoms with Crippen LogP contribution in [0.4, 0.5) is 0 Å². The van der Waals surface area contributed by atoms with Gasteiger partial charge in [0.2, 0.25) is 0 Å². The molecule has 0 aliphatic heterocycles. The normalized spacial score (nSPS) is 12.8. The van der Waals surface area contributed by atoms with Gasteiger partial charge in [-0.3, -0.25) is 6.08 Å². The maximum atomic E-state index is 2.99. The molecule has 0 atom stereocenters. The Balaban J connectivity index is 0.000000293. The first-order valence-corrected chi connectivity index (χ1v) is 26.2. The molecule has 5 heteroatoms. The quantitative estimate of drug-likeness (QED) is 0.165. The molecule has 0 bridgehead atoms. The SMILES string of the molecule is CC(C)(C)c1ccc2[cH-]c3c(C(C)(C)C)cccc3c2c1.C[Si](C)(C)c1ccc([C](=[Hf+2])c2ccc([Si](C)(C)C)cc2)cc1.[C-]1=CC=CC1.[Cl-].[Cl-]. The van der Waals surface area contributed by atoms with Gasteiger partial charge in [0.25, 0.3) is 0 Å². The zero-order valence-electron chi connectivity index (χ0n) is 32.4. The van der Waals surface area contributed by atoms with E-state index in [1.165, 1.54) is 47.1 Å². The zero-order valence-corrected chi connectivity index (χ0v) is 39.5. The molecule has 0 fully saturated rings. The van der Waals surface area contributed by atoms with Gasteiger partial charge in [0.1, 0.15) is 0 Å². The third-order valence-corrected chi connectivity index (χ3v) is 15.3. The summed E-state index contributed by atoms with van der Waals surface area (Å²) >= 11 is 1.08. The molecule has 5 aromatic carbocycles. The Hall–Kier alpha value is -2.02. The third kappa shape index (κ3) is 11.5. The fourth-order valence-electron chi connectivity index (χ4n) is 5.93. The smallest absolute Gasteiger partial charge is 0.109 e. The Morgan fingerprint density at radius 1 is 0.660 bits per heavy atom. The van der Waals surface area contributed by atoms with Crippen molar-refractivity contribution in [3.63, 3.8) is 0 Å². The molecule has 0 amide bonds. The number of halogens is 2. The minimum Gasteiger partial charge on any atom is -1.00 e. The number of hydrogen-bond donors (Lipinski definition) is 0. The van der Waals surface area contributed by atoms with Gasteiger partial charge in [-0.05, 0) is 10.8 Å². The molecule has 0 unspecified atom stereocenters. The van der Waals surface area contributed by atoms with E-state index in [2.05, 4.69) is 184 Å². The van der Waals surface area contributed by atoms with Crippen LogP contribution in [0.5, 0.6) is 0 Å². The van der Waals surface area contributed by atoms with E-state index in [-0.39, 0.29) is 35.6 Å². The number of hydrogen-bond acceptors (Lipinski definition) is 0. The Morgan fingerprint density at radius 3 is 1.56 bits per heavy atom. The second kappa shape index (κ2) is 17.7. The summed E-state index contributed by atoms with van der Waals surface area (Å²) in [5.41, 5.74) is 6.01. The van der Waals surface area contributed by atoms with Crippen LogP contribution in [0.3, 0.4) is 0 Å². The average molecular weight is 903 g/mol. The van der Waals surface area contributed by atoms with Crippen molar-refractivity contribution in [3.8, 4) is 0 Å². The van der Waals surface area contributed by atoms with Crippen LogP contribution in [0.1, 0.15) is 70.2 Å². The van der Waals surface area contributed by atoms with Crippen molar-refractivity contribution in [2.45, 2.75) is 98.1 Å². The van der Waals surface area contributed by atoms with Crippen molar-refractivity contribution in [2.24, 2.45) is 0 Å². The summed E-state index contributed by atoms with van der Waals surface area (Å²) in [5, 5.41) is 8.63. The van der Waals surface area contributed by atoms with Crippen LogP contribution < -0.4 is 35.2 Å². The minimum absolute atomic E-state index is 0. The largest absolute Gasteiger partial charge is 1.00 e. The molecule has 1 aliphatic rings. The molecule has 1 aliphatic carbocycles. The van der Waals surface area contributed by atoms with Crippen molar-refractivity contribution in [2.75, 3.05) is 0 Å². The second-order valence-corrected chi connectivity index (χ2v) is 29.2. The molecule has 0 nitrogen and oxygen atoms in total. The summed E-state index contributed by atoms with van der Waals surface area (Å²) in [5.74, 6) is 0. The van der Waals surface area contributed by atoms with Crippen LogP contribution in [0.15, 0.2) is 109 Å². The number of allylic oxidation sites excluding steroid dienone is 4. The molecule has 0 N–H and O–H groups in total. The fourth-order valence-corrected chi connectivity index (χ4v) is 9.46. The summed E-state index contributed by atoms with van der Waals surface area (Å²) in [6.07, 6.45) is 10.0. The Bertz CT molecular complexity index is 1850. The third-order valence-electron chi connectivity index (χ3n) is 9.09. The number of rotatable bonds is 4. The number of fused-ring (bicyclic) bond motifs is 3. The molecule has 50 heavy (non-hydrogen) atoms. The van der Waals surface area contributed by atoms with Gasteiger partial charge in [-0.1, -0.05) is 83.0 Å². The minimum atomic E-state index is -1.19. The fraction of sp³-hybridized carbons (Fsp3) is 0.333. The van der Waals surface area contributed by atoms with Crippen LogP contribution in [0.2, 0.25) is 39.3 Å². The molecule has 264 valence electrons. The first-order chi connectivity index (χ1) is 22.3. The molecule has 6 rings (SSSR count). The number of benzene rings is 4. The van der Waals surface area contributed by atoms with E-state index in [0.29, 0.717) is 0 Å². The predicted molar refractivity (Wildman–Crippen MR) is 218 cm³/mol. The molecule has 0 saturated heterocycles. The first kappa shape index (κ1) is 44.1. The molecular formula is C45H56Cl2HfSi2-2. The van der Waals surface area contributed by atoms with Gasteiger partial charge in [-0.15, -0.1) is 40.1 Å². The molecular weight excluding hydrogens is 846 g/mol. The van der Waals surface area contributed by atoms with Gasteiger partial charge < -0.3 is 24.8 Å². The maximum absolute atomic E-state index is 2.99. The van der Waals surface area contributed by atoms with Crippen molar-refractivity contribution < 1.29 is 48.7 Å². The Morgan fingerprint density at radius 2 is 1.18 bits per heavy atom. The van der Waals surface area contributed by atoms with E-state index in [1.54, 1.807) is 10.4 Å². The van der Waals surface area contributed by atoms with Crippen LogP contribution in [-0.2, 0) is 34.7 Å². The zero-order chi connectivity index (χ0) is 35.5. The van der Waals surface area contributed by atoms with Gasteiger partial charge in [0, 0.05) is 0 Å². The molecule has 0 aromatic heterocycles.